The summed E-state index contributed by atoms with van der Waals surface area (Å²) in [6.45, 7) is 13.3. The van der Waals surface area contributed by atoms with Gasteiger partial charge in [-0.25, -0.2) is 0 Å². The molecule has 13 rings (SSSR count). The van der Waals surface area contributed by atoms with Crippen LogP contribution in [0.4, 0.5) is 22.9 Å². The molecular weight excluding hydrogens is 1040 g/mol. The number of pyridine rings is 1. The van der Waals surface area contributed by atoms with Crippen LogP contribution < -0.4 is 19.8 Å². The number of hydrogen-bond acceptors (Lipinski definition) is 4. The molecule has 0 saturated heterocycles. The summed E-state index contributed by atoms with van der Waals surface area (Å²) in [5.41, 5.74) is 17.4. The molecule has 5 heterocycles. The van der Waals surface area contributed by atoms with Crippen LogP contribution in [0.25, 0.3) is 66.9 Å². The van der Waals surface area contributed by atoms with Crippen LogP contribution in [0.3, 0.4) is 0 Å². The van der Waals surface area contributed by atoms with Gasteiger partial charge in [-0.15, -0.1) is 0 Å². The van der Waals surface area contributed by atoms with Crippen LogP contribution in [0, 0.1) is 3.80 Å². The van der Waals surface area contributed by atoms with Crippen molar-refractivity contribution in [2.24, 2.45) is 0 Å². The summed E-state index contributed by atoms with van der Waals surface area (Å²) in [4.78, 5) is 10.1. The van der Waals surface area contributed by atoms with Crippen molar-refractivity contribution in [1.82, 2.24) is 14.1 Å². The first-order valence-corrected chi connectivity index (χ1v) is 25.0. The average Bonchev–Trinajstić information content (AvgIpc) is 3.95. The monoisotopic (exact) mass is 1090 g/mol. The zero-order valence-electron chi connectivity index (χ0n) is 43.7. The number of nitrogens with zero attached hydrogens (tertiary/aromatic N) is 5. The summed E-state index contributed by atoms with van der Waals surface area (Å²) in [7, 11) is 0. The van der Waals surface area contributed by atoms with E-state index in [0.717, 1.165) is 61.9 Å². The fourth-order valence-electron chi connectivity index (χ4n) is 10.7. The quantitative estimate of drug-likeness (QED) is 0.156. The second-order valence-electron chi connectivity index (χ2n) is 20.5. The fraction of sp³-hybridized carbons (Fsp3) is 0.129. The number of fused-ring (bicyclic) bond motifs is 10. The molecule has 8 heteroatoms. The number of anilines is 4. The van der Waals surface area contributed by atoms with Gasteiger partial charge in [-0.1, -0.05) is 42.5 Å². The number of rotatable bonds is 6. The zero-order valence-corrected chi connectivity index (χ0v) is 42.0. The van der Waals surface area contributed by atoms with Crippen LogP contribution in [0.5, 0.6) is 11.6 Å². The molecule has 8 aromatic carbocycles. The Kier molecular flexibility index (Phi) is 8.65. The Labute approximate surface area is 426 Å². The molecule has 342 valence electrons. The van der Waals surface area contributed by atoms with Gasteiger partial charge in [-0.05, 0) is 17.7 Å². The molecule has 0 fully saturated rings. The summed E-state index contributed by atoms with van der Waals surface area (Å²) >= 11 is 2.30. The Morgan fingerprint density at radius 1 is 0.514 bits per heavy atom. The number of para-hydroxylation sites is 6. The van der Waals surface area contributed by atoms with E-state index >= 15 is 0 Å². The molecule has 0 spiro atoms. The SMILES string of the molecule is [2H]c1c([2H])c([2H])c2c(c1[2H])n(-c1cccc(Oc3ccc4c(n3)N3B5c6c(cccc6-4)-c4ccccc4N5c4ccccc43)c1)[c](=[Pt])n2-c1c(-c2ccccc2)cccc1-c1cc(C(C)(C)C)cc(C(C)(C)C)c1. The summed E-state index contributed by atoms with van der Waals surface area (Å²) in [6, 6.07) is 58.1. The van der Waals surface area contributed by atoms with Gasteiger partial charge in [0, 0.05) is 11.3 Å². The van der Waals surface area contributed by atoms with Gasteiger partial charge >= 0.3 is 357 Å². The van der Waals surface area contributed by atoms with Gasteiger partial charge in [-0.2, -0.15) is 0 Å². The summed E-state index contributed by atoms with van der Waals surface area (Å²) in [5.74, 6) is 1.75. The molecular formula is C62H50BN5OPt. The first kappa shape index (κ1) is 38.4. The van der Waals surface area contributed by atoms with Crippen LogP contribution in [-0.2, 0) is 30.2 Å². The Balaban J connectivity index is 0.990. The number of hydrogen-bond donors (Lipinski definition) is 0. The van der Waals surface area contributed by atoms with Crippen LogP contribution >= 0.6 is 0 Å². The minimum atomic E-state index is -0.308. The fourth-order valence-corrected chi connectivity index (χ4v) is 11.8. The number of benzene rings is 8. The number of imidazole rings is 1. The molecule has 3 aliphatic heterocycles. The van der Waals surface area contributed by atoms with Crippen molar-refractivity contribution in [3.8, 4) is 67.5 Å². The second kappa shape index (κ2) is 15.8. The molecule has 10 aromatic rings. The second-order valence-corrected chi connectivity index (χ2v) is 21.5. The van der Waals surface area contributed by atoms with E-state index < -0.39 is 0 Å². The van der Waals surface area contributed by atoms with E-state index in [1.807, 2.05) is 57.7 Å². The van der Waals surface area contributed by atoms with Gasteiger partial charge in [0.05, 0.1) is 0 Å². The summed E-state index contributed by atoms with van der Waals surface area (Å²) in [5, 5.41) is 0. The number of ether oxygens (including phenoxy) is 1. The van der Waals surface area contributed by atoms with E-state index in [4.69, 9.17) is 12.5 Å². The van der Waals surface area contributed by atoms with Crippen molar-refractivity contribution < 1.29 is 29.6 Å². The maximum absolute atomic E-state index is 9.68. The predicted molar refractivity (Wildman–Crippen MR) is 285 cm³/mol. The third kappa shape index (κ3) is 6.58. The Morgan fingerprint density at radius 3 is 1.79 bits per heavy atom. The summed E-state index contributed by atoms with van der Waals surface area (Å²) in [6.07, 6.45) is 0. The van der Waals surface area contributed by atoms with Crippen molar-refractivity contribution in [2.75, 3.05) is 9.62 Å². The third-order valence-corrected chi connectivity index (χ3v) is 15.1. The van der Waals surface area contributed by atoms with Gasteiger partial charge in [0.2, 0.25) is 0 Å². The number of aromatic nitrogens is 3. The Morgan fingerprint density at radius 2 is 1.09 bits per heavy atom. The molecule has 0 saturated carbocycles. The molecule has 2 aromatic heterocycles. The zero-order chi connectivity index (χ0) is 51.1. The van der Waals surface area contributed by atoms with Gasteiger partial charge in [0.25, 0.3) is 0 Å². The molecule has 0 atom stereocenters. The van der Waals surface area contributed by atoms with Gasteiger partial charge in [0.1, 0.15) is 0 Å². The Hall–Kier alpha value is -7.47. The van der Waals surface area contributed by atoms with Crippen LogP contribution in [0.1, 0.15) is 58.2 Å². The van der Waals surface area contributed by atoms with E-state index in [0.29, 0.717) is 32.2 Å². The average molecular weight is 1090 g/mol. The normalized spacial score (nSPS) is 14.1. The molecule has 0 aliphatic carbocycles. The topological polar surface area (TPSA) is 38.5 Å². The van der Waals surface area contributed by atoms with Crippen molar-refractivity contribution in [2.45, 2.75) is 52.4 Å². The summed E-state index contributed by atoms with van der Waals surface area (Å²) < 4.78 is 48.8. The molecule has 70 heavy (non-hydrogen) atoms. The molecule has 0 bridgehead atoms. The van der Waals surface area contributed by atoms with E-state index in [1.54, 1.807) is 0 Å². The van der Waals surface area contributed by atoms with E-state index in [2.05, 4.69) is 192 Å². The molecule has 0 unspecified atom stereocenters. The molecule has 3 aliphatic rings. The van der Waals surface area contributed by atoms with Gasteiger partial charge < -0.3 is 0 Å². The van der Waals surface area contributed by atoms with Crippen LogP contribution in [-0.4, -0.2) is 21.1 Å². The van der Waals surface area contributed by atoms with Gasteiger partial charge in [0.15, 0.2) is 0 Å². The van der Waals surface area contributed by atoms with Gasteiger partial charge in [-0.3, -0.25) is 0 Å². The van der Waals surface area contributed by atoms with Crippen molar-refractivity contribution in [1.29, 1.82) is 0 Å². The standard InChI is InChI=1S/C62H50BN5O.Pt/c1-61(2,3)42-35-41(36-43(37-42)62(4,5)6)47-25-17-24-46(40-19-8-7-9-20-40)59(47)66-39-65(53-29-12-13-30-54(53)66)44-21-16-22-45(38-44)69-57-34-33-51-50-27-18-26-49-48-23-10-11-28-52(48)67-55-31-14-15-32-56(55)68(60(51)64-57)63(67)58(49)50;/h7-38H,1-6H3;/i12D,13D,29D,30D;. The Bertz CT molecular complexity index is 4050. The van der Waals surface area contributed by atoms with Crippen LogP contribution in [0.15, 0.2) is 194 Å². The van der Waals surface area contributed by atoms with Crippen molar-refractivity contribution in [3.05, 3.63) is 209 Å². The molecule has 0 amide bonds. The van der Waals surface area contributed by atoms with E-state index in [9.17, 15) is 2.74 Å². The minimum absolute atomic E-state index is 0.131. The molecule has 0 radical (unpaired) electrons. The van der Waals surface area contributed by atoms with E-state index in [1.165, 1.54) is 27.7 Å². The predicted octanol–water partition coefficient (Wildman–Crippen LogP) is 15.3. The van der Waals surface area contributed by atoms with E-state index in [-0.39, 0.29) is 42.0 Å². The maximum atomic E-state index is 9.68. The first-order chi connectivity index (χ1) is 35.6. The van der Waals surface area contributed by atoms with Crippen molar-refractivity contribution >= 4 is 46.4 Å². The molecule has 6 nitrogen and oxygen atoms in total. The van der Waals surface area contributed by atoms with Crippen molar-refractivity contribution in [3.63, 3.8) is 0 Å². The molecule has 0 N–H and O–H groups in total. The first-order valence-electron chi connectivity index (χ1n) is 25.8. The third-order valence-electron chi connectivity index (χ3n) is 14.1. The van der Waals surface area contributed by atoms with Crippen LogP contribution in [0.2, 0.25) is 0 Å².